The van der Waals surface area contributed by atoms with Gasteiger partial charge in [-0.1, -0.05) is 29.0 Å². The molecular weight excluding hydrogens is 420 g/mol. The van der Waals surface area contributed by atoms with Crippen molar-refractivity contribution < 1.29 is 4.92 Å². The molecule has 1 aliphatic rings. The Bertz CT molecular complexity index is 1070. The van der Waals surface area contributed by atoms with E-state index in [2.05, 4.69) is 39.3 Å². The van der Waals surface area contributed by atoms with Crippen LogP contribution < -0.4 is 10.2 Å². The van der Waals surface area contributed by atoms with Crippen molar-refractivity contribution in [3.8, 4) is 0 Å². The van der Waals surface area contributed by atoms with Gasteiger partial charge in [-0.15, -0.1) is 5.10 Å². The first-order valence-electron chi connectivity index (χ1n) is 9.61. The van der Waals surface area contributed by atoms with E-state index in [1.54, 1.807) is 12.1 Å². The first-order chi connectivity index (χ1) is 14.5. The van der Waals surface area contributed by atoms with Crippen molar-refractivity contribution in [1.29, 1.82) is 0 Å². The Morgan fingerprint density at radius 2 is 1.77 bits per heavy atom. The summed E-state index contributed by atoms with van der Waals surface area (Å²) < 4.78 is 2.60. The maximum Gasteiger partial charge on any atom is 0.269 e. The molecule has 1 saturated heterocycles. The lowest BCUT2D eigenvalue weighted by molar-refractivity contribution is -0.384. The molecule has 0 saturated carbocycles. The van der Waals surface area contributed by atoms with E-state index in [1.807, 2.05) is 28.9 Å². The van der Waals surface area contributed by atoms with Crippen molar-refractivity contribution in [2.75, 3.05) is 36.4 Å². The average molecular weight is 443 g/mol. The van der Waals surface area contributed by atoms with Gasteiger partial charge in [0.25, 0.3) is 5.69 Å². The summed E-state index contributed by atoms with van der Waals surface area (Å²) in [6, 6.07) is 14.9. The highest BCUT2D eigenvalue weighted by Gasteiger charge is 2.19. The van der Waals surface area contributed by atoms with Gasteiger partial charge < -0.3 is 10.2 Å². The molecule has 30 heavy (non-hydrogen) atoms. The van der Waals surface area contributed by atoms with Crippen LogP contribution in [0.2, 0.25) is 0 Å². The van der Waals surface area contributed by atoms with Crippen molar-refractivity contribution in [2.24, 2.45) is 0 Å². The van der Waals surface area contributed by atoms with Crippen LogP contribution in [-0.2, 0) is 6.67 Å². The van der Waals surface area contributed by atoms with Gasteiger partial charge in [0, 0.05) is 49.7 Å². The number of piperazine rings is 1. The summed E-state index contributed by atoms with van der Waals surface area (Å²) >= 11 is 6.96. The second-order valence-electron chi connectivity index (χ2n) is 7.18. The van der Waals surface area contributed by atoms with E-state index in [4.69, 9.17) is 12.2 Å². The number of nitro groups is 1. The Labute approximate surface area is 183 Å². The number of non-ortho nitro benzene ring substituents is 1. The number of aromatic nitrogens is 2. The maximum atomic E-state index is 10.8. The molecule has 2 aromatic carbocycles. The van der Waals surface area contributed by atoms with Gasteiger partial charge in [0.2, 0.25) is 5.13 Å². The van der Waals surface area contributed by atoms with Crippen LogP contribution in [0, 0.1) is 21.0 Å². The molecule has 8 nitrogen and oxygen atoms in total. The number of anilines is 3. The third-order valence-corrected chi connectivity index (χ3v) is 6.26. The lowest BCUT2D eigenvalue weighted by atomic mass is 10.2. The molecule has 0 radical (unpaired) electrons. The van der Waals surface area contributed by atoms with Crippen LogP contribution in [0.3, 0.4) is 0 Å². The zero-order valence-corrected chi connectivity index (χ0v) is 18.2. The first-order valence-corrected chi connectivity index (χ1v) is 10.8. The van der Waals surface area contributed by atoms with Crippen LogP contribution in [0.1, 0.15) is 5.56 Å². The molecule has 10 heteroatoms. The summed E-state index contributed by atoms with van der Waals surface area (Å²) in [5, 5.41) is 19.5. The molecule has 2 heterocycles. The van der Waals surface area contributed by atoms with Gasteiger partial charge in [0.05, 0.1) is 11.6 Å². The fourth-order valence-corrected chi connectivity index (χ4v) is 4.34. The SMILES string of the molecule is Cc1ccc(Nc2nn(CN3CCN(c4ccc([N+](=O)[O-])cc4)CC3)c(=S)s2)cc1. The smallest absolute Gasteiger partial charge is 0.269 e. The lowest BCUT2D eigenvalue weighted by Crippen LogP contribution is -2.46. The minimum absolute atomic E-state index is 0.116. The van der Waals surface area contributed by atoms with E-state index in [9.17, 15) is 10.1 Å². The number of rotatable bonds is 6. The van der Waals surface area contributed by atoms with Gasteiger partial charge in [-0.3, -0.25) is 15.0 Å². The van der Waals surface area contributed by atoms with Crippen LogP contribution >= 0.6 is 23.6 Å². The van der Waals surface area contributed by atoms with Crippen LogP contribution in [0.25, 0.3) is 0 Å². The summed E-state index contributed by atoms with van der Waals surface area (Å²) in [6.45, 7) is 6.16. The molecule has 156 valence electrons. The molecule has 1 fully saturated rings. The molecule has 3 aromatic rings. The number of benzene rings is 2. The van der Waals surface area contributed by atoms with Crippen molar-refractivity contribution in [3.05, 3.63) is 68.2 Å². The van der Waals surface area contributed by atoms with Gasteiger partial charge in [0.15, 0.2) is 3.95 Å². The molecular formula is C20H22N6O2S2. The van der Waals surface area contributed by atoms with Gasteiger partial charge in [-0.2, -0.15) is 0 Å². The molecule has 0 spiro atoms. The minimum atomic E-state index is -0.374. The van der Waals surface area contributed by atoms with E-state index in [-0.39, 0.29) is 10.6 Å². The summed E-state index contributed by atoms with van der Waals surface area (Å²) in [6.07, 6.45) is 0. The maximum absolute atomic E-state index is 10.8. The Hall–Kier alpha value is -2.82. The molecule has 0 aliphatic carbocycles. The highest BCUT2D eigenvalue weighted by molar-refractivity contribution is 7.73. The number of hydrogen-bond donors (Lipinski definition) is 1. The normalized spacial score (nSPS) is 14.6. The van der Waals surface area contributed by atoms with Crippen LogP contribution in [-0.4, -0.2) is 45.8 Å². The zero-order valence-electron chi connectivity index (χ0n) is 16.5. The van der Waals surface area contributed by atoms with E-state index < -0.39 is 0 Å². The highest BCUT2D eigenvalue weighted by atomic mass is 32.1. The Balaban J connectivity index is 1.33. The highest BCUT2D eigenvalue weighted by Crippen LogP contribution is 2.23. The summed E-state index contributed by atoms with van der Waals surface area (Å²) in [5.41, 5.74) is 3.33. The number of hydrogen-bond acceptors (Lipinski definition) is 8. The first kappa shape index (κ1) is 20.5. The second kappa shape index (κ2) is 8.90. The van der Waals surface area contributed by atoms with E-state index in [0.29, 0.717) is 6.67 Å². The topological polar surface area (TPSA) is 79.5 Å². The van der Waals surface area contributed by atoms with Crippen LogP contribution in [0.4, 0.5) is 22.2 Å². The van der Waals surface area contributed by atoms with Gasteiger partial charge in [-0.25, -0.2) is 4.68 Å². The van der Waals surface area contributed by atoms with Crippen molar-refractivity contribution in [2.45, 2.75) is 13.6 Å². The van der Waals surface area contributed by atoms with Crippen molar-refractivity contribution >= 4 is 45.7 Å². The molecule has 0 bridgehead atoms. The van der Waals surface area contributed by atoms with E-state index in [0.717, 1.165) is 46.6 Å². The van der Waals surface area contributed by atoms with Crippen molar-refractivity contribution in [3.63, 3.8) is 0 Å². The Kier molecular flexibility index (Phi) is 6.07. The number of nitrogens with zero attached hydrogens (tertiary/aromatic N) is 5. The van der Waals surface area contributed by atoms with Gasteiger partial charge >= 0.3 is 0 Å². The predicted molar refractivity (Wildman–Crippen MR) is 122 cm³/mol. The van der Waals surface area contributed by atoms with E-state index >= 15 is 0 Å². The molecule has 0 unspecified atom stereocenters. The molecule has 1 aromatic heterocycles. The second-order valence-corrected chi connectivity index (χ2v) is 8.81. The van der Waals surface area contributed by atoms with Crippen LogP contribution in [0.5, 0.6) is 0 Å². The Morgan fingerprint density at radius 3 is 2.40 bits per heavy atom. The minimum Gasteiger partial charge on any atom is -0.369 e. The molecule has 1 aliphatic heterocycles. The quantitative estimate of drug-likeness (QED) is 0.344. The summed E-state index contributed by atoms with van der Waals surface area (Å²) in [7, 11) is 0. The number of nitrogens with one attached hydrogen (secondary N) is 1. The number of aryl methyl sites for hydroxylation is 1. The molecule has 4 rings (SSSR count). The zero-order chi connectivity index (χ0) is 21.1. The third kappa shape index (κ3) is 4.84. The van der Waals surface area contributed by atoms with Crippen molar-refractivity contribution in [1.82, 2.24) is 14.7 Å². The molecule has 0 atom stereocenters. The Morgan fingerprint density at radius 1 is 1.10 bits per heavy atom. The standard InChI is InChI=1S/C20H22N6O2S2/c1-15-2-4-16(5-3-15)21-19-22-25(20(29)30-19)14-23-10-12-24(13-11-23)17-6-8-18(9-7-17)26(27)28/h2-9H,10-14H2,1H3,(H,21,22). The summed E-state index contributed by atoms with van der Waals surface area (Å²) in [4.78, 5) is 15.0. The largest absolute Gasteiger partial charge is 0.369 e. The van der Waals surface area contributed by atoms with Gasteiger partial charge in [-0.05, 0) is 43.4 Å². The van der Waals surface area contributed by atoms with Gasteiger partial charge in [0.1, 0.15) is 0 Å². The third-order valence-electron chi connectivity index (χ3n) is 5.04. The summed E-state index contributed by atoms with van der Waals surface area (Å²) in [5.74, 6) is 0. The molecule has 0 amide bonds. The fraction of sp³-hybridized carbons (Fsp3) is 0.300. The monoisotopic (exact) mass is 442 g/mol. The lowest BCUT2D eigenvalue weighted by Gasteiger charge is -2.35. The molecule has 1 N–H and O–H groups in total. The van der Waals surface area contributed by atoms with Crippen LogP contribution in [0.15, 0.2) is 48.5 Å². The number of nitro benzene ring substituents is 1. The fourth-order valence-electron chi connectivity index (χ4n) is 3.33. The average Bonchev–Trinajstić information content (AvgIpc) is 3.09. The predicted octanol–water partition coefficient (Wildman–Crippen LogP) is 4.41. The van der Waals surface area contributed by atoms with E-state index in [1.165, 1.54) is 16.9 Å².